The van der Waals surface area contributed by atoms with Crippen LogP contribution < -0.4 is 0 Å². The molecule has 0 unspecified atom stereocenters. The van der Waals surface area contributed by atoms with E-state index < -0.39 is 0 Å². The van der Waals surface area contributed by atoms with Gasteiger partial charge in [0.1, 0.15) is 5.69 Å². The van der Waals surface area contributed by atoms with E-state index in [1.165, 1.54) is 13.3 Å². The van der Waals surface area contributed by atoms with E-state index in [0.29, 0.717) is 5.69 Å². The standard InChI is InChI=1S/C7H9N3O.C2H6/c1-5-3-10-6(4-9-5)7(8)11-2;1-2/h3-4,8H,1-2H3;1-2H3. The molecule has 0 spiro atoms. The minimum absolute atomic E-state index is 0.0394. The Morgan fingerprint density at radius 3 is 2.31 bits per heavy atom. The third-order valence-electron chi connectivity index (χ3n) is 1.22. The molecule has 1 rings (SSSR count). The maximum atomic E-state index is 7.22. The summed E-state index contributed by atoms with van der Waals surface area (Å²) in [6.07, 6.45) is 3.12. The van der Waals surface area contributed by atoms with Gasteiger partial charge in [-0.3, -0.25) is 10.4 Å². The van der Waals surface area contributed by atoms with Crippen molar-refractivity contribution >= 4 is 5.90 Å². The molecule has 1 heterocycles. The fraction of sp³-hybridized carbons (Fsp3) is 0.444. The molecule has 0 saturated heterocycles. The van der Waals surface area contributed by atoms with Gasteiger partial charge in [0.15, 0.2) is 0 Å². The van der Waals surface area contributed by atoms with Crippen molar-refractivity contribution in [1.29, 1.82) is 5.41 Å². The maximum Gasteiger partial charge on any atom is 0.233 e. The zero-order chi connectivity index (χ0) is 10.3. The highest BCUT2D eigenvalue weighted by molar-refractivity contribution is 5.88. The van der Waals surface area contributed by atoms with Crippen molar-refractivity contribution in [2.75, 3.05) is 7.11 Å². The summed E-state index contributed by atoms with van der Waals surface area (Å²) >= 11 is 0. The highest BCUT2D eigenvalue weighted by atomic mass is 16.5. The quantitative estimate of drug-likeness (QED) is 0.530. The van der Waals surface area contributed by atoms with Gasteiger partial charge in [-0.05, 0) is 6.92 Å². The van der Waals surface area contributed by atoms with Crippen molar-refractivity contribution in [2.24, 2.45) is 0 Å². The third-order valence-corrected chi connectivity index (χ3v) is 1.22. The predicted octanol–water partition coefficient (Wildman–Crippen LogP) is 1.78. The molecule has 13 heavy (non-hydrogen) atoms. The van der Waals surface area contributed by atoms with Crippen molar-refractivity contribution in [1.82, 2.24) is 9.97 Å². The van der Waals surface area contributed by atoms with Crippen molar-refractivity contribution in [2.45, 2.75) is 20.8 Å². The van der Waals surface area contributed by atoms with Gasteiger partial charge in [-0.1, -0.05) is 13.8 Å². The molecule has 0 radical (unpaired) electrons. The molecule has 0 amide bonds. The van der Waals surface area contributed by atoms with Crippen LogP contribution in [0.25, 0.3) is 0 Å². The number of nitrogens with zero attached hydrogens (tertiary/aromatic N) is 2. The van der Waals surface area contributed by atoms with Gasteiger partial charge in [0, 0.05) is 6.20 Å². The van der Waals surface area contributed by atoms with Gasteiger partial charge in [0.05, 0.1) is 19.0 Å². The zero-order valence-electron chi connectivity index (χ0n) is 8.46. The molecular formula is C9H15N3O. The summed E-state index contributed by atoms with van der Waals surface area (Å²) in [4.78, 5) is 7.90. The molecule has 0 aliphatic heterocycles. The third kappa shape index (κ3) is 3.64. The normalized spacial score (nSPS) is 8.31. The van der Waals surface area contributed by atoms with E-state index in [9.17, 15) is 0 Å². The van der Waals surface area contributed by atoms with Crippen LogP contribution in [0, 0.1) is 12.3 Å². The number of hydrogen-bond acceptors (Lipinski definition) is 4. The van der Waals surface area contributed by atoms with Gasteiger partial charge in [-0.15, -0.1) is 0 Å². The molecule has 4 heteroatoms. The fourth-order valence-corrected chi connectivity index (χ4v) is 0.614. The van der Waals surface area contributed by atoms with Crippen molar-refractivity contribution in [3.8, 4) is 0 Å². The van der Waals surface area contributed by atoms with Crippen LogP contribution in [0.5, 0.6) is 0 Å². The lowest BCUT2D eigenvalue weighted by Crippen LogP contribution is -2.04. The van der Waals surface area contributed by atoms with Crippen LogP contribution in [0.2, 0.25) is 0 Å². The van der Waals surface area contributed by atoms with Crippen LogP contribution in [0.1, 0.15) is 25.2 Å². The van der Waals surface area contributed by atoms with E-state index in [4.69, 9.17) is 5.41 Å². The van der Waals surface area contributed by atoms with Gasteiger partial charge in [0.25, 0.3) is 0 Å². The first-order valence-electron chi connectivity index (χ1n) is 4.15. The molecule has 1 N–H and O–H groups in total. The van der Waals surface area contributed by atoms with Crippen LogP contribution in [0.15, 0.2) is 12.4 Å². The Hall–Kier alpha value is -1.45. The first kappa shape index (κ1) is 11.6. The van der Waals surface area contributed by atoms with E-state index in [2.05, 4.69) is 14.7 Å². The molecule has 0 aromatic carbocycles. The molecule has 0 bridgehead atoms. The highest BCUT2D eigenvalue weighted by Crippen LogP contribution is 1.94. The summed E-state index contributed by atoms with van der Waals surface area (Å²) in [6, 6.07) is 0. The average Bonchev–Trinajstić information content (AvgIpc) is 2.21. The van der Waals surface area contributed by atoms with Crippen molar-refractivity contribution < 1.29 is 4.74 Å². The fourth-order valence-electron chi connectivity index (χ4n) is 0.614. The summed E-state index contributed by atoms with van der Waals surface area (Å²) in [6.45, 7) is 5.84. The van der Waals surface area contributed by atoms with Crippen LogP contribution in [0.4, 0.5) is 0 Å². The Morgan fingerprint density at radius 2 is 1.92 bits per heavy atom. The number of aromatic nitrogens is 2. The predicted molar refractivity (Wildman–Crippen MR) is 52.0 cm³/mol. The first-order chi connectivity index (χ1) is 6.24. The number of methoxy groups -OCH3 is 1. The summed E-state index contributed by atoms with van der Waals surface area (Å²) in [5, 5.41) is 7.22. The Bertz CT molecular complexity index is 256. The van der Waals surface area contributed by atoms with Gasteiger partial charge in [0.2, 0.25) is 5.90 Å². The average molecular weight is 181 g/mol. The van der Waals surface area contributed by atoms with E-state index >= 15 is 0 Å². The molecule has 0 aliphatic rings. The molecule has 0 atom stereocenters. The minimum atomic E-state index is 0.0394. The van der Waals surface area contributed by atoms with Gasteiger partial charge < -0.3 is 4.74 Å². The molecule has 72 valence electrons. The smallest absolute Gasteiger partial charge is 0.233 e. The Balaban J connectivity index is 0.000000671. The van der Waals surface area contributed by atoms with Crippen LogP contribution >= 0.6 is 0 Å². The Morgan fingerprint density at radius 1 is 1.31 bits per heavy atom. The van der Waals surface area contributed by atoms with Crippen LogP contribution in [-0.4, -0.2) is 23.0 Å². The Kier molecular flexibility index (Phi) is 5.43. The molecule has 1 aromatic rings. The second-order valence-corrected chi connectivity index (χ2v) is 2.08. The minimum Gasteiger partial charge on any atom is -0.480 e. The van der Waals surface area contributed by atoms with E-state index in [-0.39, 0.29) is 5.90 Å². The van der Waals surface area contributed by atoms with Gasteiger partial charge in [-0.2, -0.15) is 0 Å². The summed E-state index contributed by atoms with van der Waals surface area (Å²) in [7, 11) is 1.43. The monoisotopic (exact) mass is 181 g/mol. The molecule has 4 nitrogen and oxygen atoms in total. The van der Waals surface area contributed by atoms with Crippen LogP contribution in [0.3, 0.4) is 0 Å². The van der Waals surface area contributed by atoms with E-state index in [1.54, 1.807) is 6.20 Å². The number of ether oxygens (including phenoxy) is 1. The highest BCUT2D eigenvalue weighted by Gasteiger charge is 2.00. The van der Waals surface area contributed by atoms with Crippen molar-refractivity contribution in [3.05, 3.63) is 23.8 Å². The lowest BCUT2D eigenvalue weighted by atomic mass is 10.4. The summed E-state index contributed by atoms with van der Waals surface area (Å²) < 4.78 is 4.66. The number of rotatable bonds is 1. The number of nitrogens with one attached hydrogen (secondary N) is 1. The molecular weight excluding hydrogens is 166 g/mol. The zero-order valence-corrected chi connectivity index (χ0v) is 8.46. The van der Waals surface area contributed by atoms with E-state index in [0.717, 1.165) is 5.69 Å². The summed E-state index contributed by atoms with van der Waals surface area (Å²) in [5.41, 5.74) is 1.29. The second-order valence-electron chi connectivity index (χ2n) is 2.08. The molecule has 0 aliphatic carbocycles. The van der Waals surface area contributed by atoms with Gasteiger partial charge in [-0.25, -0.2) is 4.98 Å². The SMILES string of the molecule is CC.COC(=N)c1cnc(C)cn1. The second kappa shape index (κ2) is 6.11. The maximum absolute atomic E-state index is 7.22. The lowest BCUT2D eigenvalue weighted by molar-refractivity contribution is 0.399. The van der Waals surface area contributed by atoms with E-state index in [1.807, 2.05) is 20.8 Å². The Labute approximate surface area is 78.5 Å². The number of hydrogen-bond donors (Lipinski definition) is 1. The van der Waals surface area contributed by atoms with Crippen LogP contribution in [-0.2, 0) is 4.74 Å². The van der Waals surface area contributed by atoms with Gasteiger partial charge >= 0.3 is 0 Å². The molecule has 1 aromatic heterocycles. The first-order valence-corrected chi connectivity index (χ1v) is 4.15. The number of aryl methyl sites for hydroxylation is 1. The largest absolute Gasteiger partial charge is 0.480 e. The summed E-state index contributed by atoms with van der Waals surface area (Å²) in [5.74, 6) is 0.0394. The molecule has 0 fully saturated rings. The lowest BCUT2D eigenvalue weighted by Gasteiger charge is -1.99. The van der Waals surface area contributed by atoms with Crippen molar-refractivity contribution in [3.63, 3.8) is 0 Å². The molecule has 0 saturated carbocycles. The topological polar surface area (TPSA) is 58.9 Å².